The molecule has 0 unspecified atom stereocenters. The number of hydrogen-bond donors (Lipinski definition) is 3. The van der Waals surface area contributed by atoms with E-state index >= 15 is 0 Å². The Labute approximate surface area is 136 Å². The average molecular weight is 333 g/mol. The van der Waals surface area contributed by atoms with Gasteiger partial charge in [0.2, 0.25) is 0 Å². The van der Waals surface area contributed by atoms with Crippen LogP contribution in [0.5, 0.6) is 5.75 Å². The lowest BCUT2D eigenvalue weighted by molar-refractivity contribution is 0.0692. The number of nitrogens with one attached hydrogen (secondary N) is 1. The number of carbonyl (C=O) groups is 1. The fourth-order valence-electron chi connectivity index (χ4n) is 2.32. The lowest BCUT2D eigenvalue weighted by Gasteiger charge is -2.08. The van der Waals surface area contributed by atoms with Crippen LogP contribution in [0.15, 0.2) is 36.4 Å². The van der Waals surface area contributed by atoms with Crippen molar-refractivity contribution in [1.82, 2.24) is 10.2 Å². The molecule has 3 rings (SSSR count). The number of nitrogens with zero attached hydrogens (tertiary/aromatic N) is 1. The number of carboxylic acid groups (broad SMARTS) is 1. The molecule has 23 heavy (non-hydrogen) atoms. The zero-order chi connectivity index (χ0) is 16.4. The van der Waals surface area contributed by atoms with Crippen LogP contribution >= 0.6 is 11.6 Å². The minimum Gasteiger partial charge on any atom is -0.491 e. The summed E-state index contributed by atoms with van der Waals surface area (Å²) in [6.45, 7) is 0.172. The SMILES string of the molecule is O=C(O)c1n[nH]c2cc(Cl)c(-c3ccc(OCCO)cc3)cc12. The van der Waals surface area contributed by atoms with Crippen molar-refractivity contribution in [2.75, 3.05) is 13.2 Å². The fraction of sp³-hybridized carbons (Fsp3) is 0.125. The molecule has 3 aromatic rings. The van der Waals surface area contributed by atoms with Crippen molar-refractivity contribution < 1.29 is 19.7 Å². The van der Waals surface area contributed by atoms with Gasteiger partial charge in [0.15, 0.2) is 5.69 Å². The van der Waals surface area contributed by atoms with E-state index in [2.05, 4.69) is 10.2 Å². The molecule has 0 aliphatic rings. The first-order chi connectivity index (χ1) is 11.1. The van der Waals surface area contributed by atoms with E-state index in [1.54, 1.807) is 24.3 Å². The Balaban J connectivity index is 2.03. The van der Waals surface area contributed by atoms with Gasteiger partial charge < -0.3 is 14.9 Å². The van der Waals surface area contributed by atoms with E-state index in [4.69, 9.17) is 26.6 Å². The predicted octanol–water partition coefficient (Wildman–Crippen LogP) is 2.95. The molecule has 6 nitrogen and oxygen atoms in total. The topological polar surface area (TPSA) is 95.4 Å². The van der Waals surface area contributed by atoms with Gasteiger partial charge in [0.25, 0.3) is 0 Å². The third-order valence-corrected chi connectivity index (χ3v) is 3.69. The third-order valence-electron chi connectivity index (χ3n) is 3.38. The standard InChI is InChI=1S/C16H13ClN2O4/c17-13-8-14-12(15(16(21)22)19-18-14)7-11(13)9-1-3-10(4-2-9)23-6-5-20/h1-4,7-8,20H,5-6H2,(H,18,19)(H,21,22). The molecule has 118 valence electrons. The van der Waals surface area contributed by atoms with Crippen molar-refractivity contribution in [2.24, 2.45) is 0 Å². The van der Waals surface area contributed by atoms with Crippen molar-refractivity contribution in [3.8, 4) is 16.9 Å². The van der Waals surface area contributed by atoms with Crippen molar-refractivity contribution in [3.05, 3.63) is 47.1 Å². The molecule has 0 aliphatic carbocycles. The van der Waals surface area contributed by atoms with Gasteiger partial charge in [-0.05, 0) is 29.8 Å². The maximum Gasteiger partial charge on any atom is 0.357 e. The summed E-state index contributed by atoms with van der Waals surface area (Å²) in [6, 6.07) is 10.5. The molecule has 0 radical (unpaired) electrons. The zero-order valence-electron chi connectivity index (χ0n) is 11.9. The summed E-state index contributed by atoms with van der Waals surface area (Å²) in [5.41, 5.74) is 2.06. The zero-order valence-corrected chi connectivity index (χ0v) is 12.7. The Morgan fingerprint density at radius 1 is 1.26 bits per heavy atom. The number of aromatic carboxylic acids is 1. The van der Waals surface area contributed by atoms with Crippen LogP contribution in [0.1, 0.15) is 10.5 Å². The second-order valence-electron chi connectivity index (χ2n) is 4.85. The van der Waals surface area contributed by atoms with E-state index in [0.717, 1.165) is 5.56 Å². The van der Waals surface area contributed by atoms with Crippen LogP contribution in [0.2, 0.25) is 5.02 Å². The highest BCUT2D eigenvalue weighted by molar-refractivity contribution is 6.34. The predicted molar refractivity (Wildman–Crippen MR) is 86.1 cm³/mol. The van der Waals surface area contributed by atoms with Crippen LogP contribution in [0, 0.1) is 0 Å². The minimum atomic E-state index is -1.10. The summed E-state index contributed by atoms with van der Waals surface area (Å²) in [5.74, 6) is -0.466. The lowest BCUT2D eigenvalue weighted by Crippen LogP contribution is -2.01. The number of aliphatic hydroxyl groups is 1. The highest BCUT2D eigenvalue weighted by atomic mass is 35.5. The number of H-pyrrole nitrogens is 1. The van der Waals surface area contributed by atoms with E-state index in [1.165, 1.54) is 0 Å². The summed E-state index contributed by atoms with van der Waals surface area (Å²) < 4.78 is 5.31. The molecule has 7 heteroatoms. The Kier molecular flexibility index (Phi) is 4.18. The number of aromatic amines is 1. The van der Waals surface area contributed by atoms with Crippen LogP contribution in [-0.4, -0.2) is 39.6 Å². The van der Waals surface area contributed by atoms with E-state index in [1.807, 2.05) is 12.1 Å². The summed E-state index contributed by atoms with van der Waals surface area (Å²) in [4.78, 5) is 11.2. The normalized spacial score (nSPS) is 10.9. The highest BCUT2D eigenvalue weighted by Crippen LogP contribution is 2.33. The smallest absolute Gasteiger partial charge is 0.357 e. The van der Waals surface area contributed by atoms with Gasteiger partial charge in [0.05, 0.1) is 17.1 Å². The number of ether oxygens (including phenoxy) is 1. The van der Waals surface area contributed by atoms with Crippen LogP contribution in [0.4, 0.5) is 0 Å². The summed E-state index contributed by atoms with van der Waals surface area (Å²) in [7, 11) is 0. The molecule has 0 bridgehead atoms. The van der Waals surface area contributed by atoms with Gasteiger partial charge >= 0.3 is 5.97 Å². The number of benzene rings is 2. The number of halogens is 1. The van der Waals surface area contributed by atoms with Crippen molar-refractivity contribution in [3.63, 3.8) is 0 Å². The molecule has 0 saturated carbocycles. The van der Waals surface area contributed by atoms with Gasteiger partial charge in [0.1, 0.15) is 12.4 Å². The molecular weight excluding hydrogens is 320 g/mol. The molecule has 0 fully saturated rings. The first-order valence-electron chi connectivity index (χ1n) is 6.85. The van der Waals surface area contributed by atoms with Crippen LogP contribution < -0.4 is 4.74 Å². The average Bonchev–Trinajstić information content (AvgIpc) is 2.95. The minimum absolute atomic E-state index is 0.0409. The highest BCUT2D eigenvalue weighted by Gasteiger charge is 2.15. The fourth-order valence-corrected chi connectivity index (χ4v) is 2.59. The second kappa shape index (κ2) is 6.28. The van der Waals surface area contributed by atoms with Crippen molar-refractivity contribution >= 4 is 28.5 Å². The second-order valence-corrected chi connectivity index (χ2v) is 5.26. The summed E-state index contributed by atoms with van der Waals surface area (Å²) in [5, 5.41) is 25.4. The van der Waals surface area contributed by atoms with Gasteiger partial charge in [-0.15, -0.1) is 0 Å². The van der Waals surface area contributed by atoms with E-state index in [0.29, 0.717) is 27.2 Å². The molecule has 0 spiro atoms. The number of carboxylic acids is 1. The largest absolute Gasteiger partial charge is 0.491 e. The number of aromatic nitrogens is 2. The van der Waals surface area contributed by atoms with Crippen molar-refractivity contribution in [1.29, 1.82) is 0 Å². The Hall–Kier alpha value is -2.57. The van der Waals surface area contributed by atoms with Gasteiger partial charge in [-0.3, -0.25) is 5.10 Å². The van der Waals surface area contributed by atoms with Gasteiger partial charge in [-0.1, -0.05) is 23.7 Å². The monoisotopic (exact) mass is 332 g/mol. The van der Waals surface area contributed by atoms with E-state index in [9.17, 15) is 4.79 Å². The van der Waals surface area contributed by atoms with Crippen molar-refractivity contribution in [2.45, 2.75) is 0 Å². The number of fused-ring (bicyclic) bond motifs is 1. The third kappa shape index (κ3) is 2.99. The van der Waals surface area contributed by atoms with E-state index < -0.39 is 5.97 Å². The number of rotatable bonds is 5. The van der Waals surface area contributed by atoms with Gasteiger partial charge in [-0.2, -0.15) is 5.10 Å². The molecule has 0 amide bonds. The maximum absolute atomic E-state index is 11.2. The lowest BCUT2D eigenvalue weighted by atomic mass is 10.0. The van der Waals surface area contributed by atoms with Crippen LogP contribution in [0.25, 0.3) is 22.0 Å². The Morgan fingerprint density at radius 2 is 2.00 bits per heavy atom. The molecule has 1 aromatic heterocycles. The molecule has 0 aliphatic heterocycles. The summed E-state index contributed by atoms with van der Waals surface area (Å²) in [6.07, 6.45) is 0. The molecular formula is C16H13ClN2O4. The van der Waals surface area contributed by atoms with Gasteiger partial charge in [0, 0.05) is 10.9 Å². The number of hydrogen-bond acceptors (Lipinski definition) is 4. The Bertz CT molecular complexity index is 858. The molecule has 2 aromatic carbocycles. The Morgan fingerprint density at radius 3 is 2.65 bits per heavy atom. The quantitative estimate of drug-likeness (QED) is 0.667. The van der Waals surface area contributed by atoms with Crippen LogP contribution in [-0.2, 0) is 0 Å². The van der Waals surface area contributed by atoms with E-state index in [-0.39, 0.29) is 18.9 Å². The molecule has 1 heterocycles. The molecule has 3 N–H and O–H groups in total. The van der Waals surface area contributed by atoms with Gasteiger partial charge in [-0.25, -0.2) is 4.79 Å². The first kappa shape index (κ1) is 15.3. The molecule has 0 saturated heterocycles. The first-order valence-corrected chi connectivity index (χ1v) is 7.23. The maximum atomic E-state index is 11.2. The molecule has 0 atom stereocenters. The number of aliphatic hydroxyl groups excluding tert-OH is 1. The van der Waals surface area contributed by atoms with Crippen LogP contribution in [0.3, 0.4) is 0 Å². The summed E-state index contributed by atoms with van der Waals surface area (Å²) >= 11 is 6.29.